The van der Waals surface area contributed by atoms with E-state index in [0.29, 0.717) is 23.9 Å². The third-order valence-corrected chi connectivity index (χ3v) is 6.33. The van der Waals surface area contributed by atoms with Gasteiger partial charge in [-0.05, 0) is 25.0 Å². The van der Waals surface area contributed by atoms with E-state index in [2.05, 4.69) is 19.8 Å². The molecule has 0 spiro atoms. The molecule has 0 aliphatic carbocycles. The fourth-order valence-electron chi connectivity index (χ4n) is 3.28. The molecule has 13 nitrogen and oxygen atoms in total. The van der Waals surface area contributed by atoms with E-state index in [9.17, 15) is 32.7 Å². The third kappa shape index (κ3) is 5.32. The number of hydrogen-bond donors (Lipinski definition) is 6. The average molecular weight is 532 g/mol. The van der Waals surface area contributed by atoms with Gasteiger partial charge in [0.25, 0.3) is 11.8 Å². The number of hydrogen-bond acceptors (Lipinski definition) is 12. The number of fused-ring (bicyclic) bond motifs is 1. The predicted molar refractivity (Wildman–Crippen MR) is 117 cm³/mol. The van der Waals surface area contributed by atoms with Crippen LogP contribution in [0, 0.1) is 10.8 Å². The second kappa shape index (κ2) is 9.82. The number of aliphatic carboxylic acids is 1. The van der Waals surface area contributed by atoms with E-state index >= 15 is 0 Å². The van der Waals surface area contributed by atoms with Crippen molar-refractivity contribution in [1.29, 1.82) is 10.8 Å². The molecular formula is C17H15F3N8O5S2. The first-order valence-corrected chi connectivity index (χ1v) is 11.0. The Balaban J connectivity index is 1.74. The lowest BCUT2D eigenvalue weighted by molar-refractivity contribution is -0.155. The lowest BCUT2D eigenvalue weighted by Crippen LogP contribution is -2.72. The van der Waals surface area contributed by atoms with Gasteiger partial charge in [0.1, 0.15) is 17.5 Å². The Labute approximate surface area is 201 Å². The number of nitrogens with one attached hydrogen (secondary N) is 3. The first kappa shape index (κ1) is 25.8. The Morgan fingerprint density at radius 1 is 1.34 bits per heavy atom. The van der Waals surface area contributed by atoms with E-state index < -0.39 is 58.2 Å². The molecule has 0 saturated carbocycles. The Hall–Kier alpha value is -3.80. The molecule has 35 heavy (non-hydrogen) atoms. The van der Waals surface area contributed by atoms with Crippen molar-refractivity contribution in [3.05, 3.63) is 28.6 Å². The summed E-state index contributed by atoms with van der Waals surface area (Å²) in [4.78, 5) is 41.7. The molecule has 1 aromatic heterocycles. The van der Waals surface area contributed by atoms with Gasteiger partial charge in [-0.3, -0.25) is 25.3 Å². The van der Waals surface area contributed by atoms with Crippen molar-refractivity contribution >= 4 is 62.7 Å². The minimum absolute atomic E-state index is 0.00375. The number of allylic oxidation sites excluding steroid dienone is 2. The highest BCUT2D eigenvalue weighted by molar-refractivity contribution is 8.17. The number of carbonyl (C=O) groups is 3. The first-order chi connectivity index (χ1) is 16.3. The SMILES string of the molecule is N=C(/C=C\C(=N)C(F)(F)F)SC1=C(C(=O)O)N2C(=O)C(NC(=O)/C(=N\O)c3nsc(N)n3)C2CC1. The second-order valence-corrected chi connectivity index (χ2v) is 8.88. The number of aromatic nitrogens is 2. The summed E-state index contributed by atoms with van der Waals surface area (Å²) < 4.78 is 41.0. The van der Waals surface area contributed by atoms with Crippen molar-refractivity contribution in [1.82, 2.24) is 19.6 Å². The van der Waals surface area contributed by atoms with Gasteiger partial charge < -0.3 is 21.4 Å². The lowest BCUT2D eigenvalue weighted by Gasteiger charge is -2.50. The van der Waals surface area contributed by atoms with Crippen molar-refractivity contribution in [2.45, 2.75) is 31.1 Å². The van der Waals surface area contributed by atoms with Crippen LogP contribution < -0.4 is 11.1 Å². The summed E-state index contributed by atoms with van der Waals surface area (Å²) in [5, 5.41) is 38.2. The molecule has 0 aromatic carbocycles. The minimum atomic E-state index is -4.89. The Kier molecular flexibility index (Phi) is 7.25. The topological polar surface area (TPSA) is 219 Å². The fraction of sp³-hybridized carbons (Fsp3) is 0.294. The van der Waals surface area contributed by atoms with E-state index in [1.54, 1.807) is 0 Å². The molecule has 2 unspecified atom stereocenters. The maximum Gasteiger partial charge on any atom is 0.432 e. The molecule has 18 heteroatoms. The monoisotopic (exact) mass is 532 g/mol. The molecule has 0 bridgehead atoms. The normalized spacial score (nSPS) is 20.5. The van der Waals surface area contributed by atoms with Gasteiger partial charge in [0, 0.05) is 16.4 Å². The number of thioether (sulfide) groups is 1. The maximum absolute atomic E-state index is 12.7. The van der Waals surface area contributed by atoms with Gasteiger partial charge in [-0.1, -0.05) is 16.9 Å². The highest BCUT2D eigenvalue weighted by Crippen LogP contribution is 2.41. The Morgan fingerprint density at radius 3 is 2.57 bits per heavy atom. The number of carboxylic acids is 1. The molecule has 2 amide bonds. The molecule has 186 valence electrons. The molecule has 2 atom stereocenters. The maximum atomic E-state index is 12.7. The molecule has 2 aliphatic heterocycles. The van der Waals surface area contributed by atoms with Gasteiger partial charge in [-0.2, -0.15) is 22.5 Å². The van der Waals surface area contributed by atoms with Crippen molar-refractivity contribution in [3.63, 3.8) is 0 Å². The molecule has 0 radical (unpaired) electrons. The number of alkyl halides is 3. The average Bonchev–Trinajstić information content (AvgIpc) is 3.20. The smallest absolute Gasteiger partial charge is 0.432 e. The standard InChI is InChI=1S/C17H15F3N8O5S2/c18-17(19,20)7(21)3-4-8(22)34-6-2-1-5-9(14(30)28(5)11(6)15(31)32)24-13(29)10(26-33)12-25-16(23)35-27-12/h3-5,9,21-22,33H,1-2H2,(H,24,29)(H,31,32)(H2,23,25,27)/b4-3-,21-7?,22-8?,26-10-. The number of nitrogens with two attached hydrogens (primary N) is 1. The van der Waals surface area contributed by atoms with Crippen molar-refractivity contribution in [3.8, 4) is 0 Å². The molecule has 3 heterocycles. The van der Waals surface area contributed by atoms with Crippen LogP contribution in [0.15, 0.2) is 27.9 Å². The lowest BCUT2D eigenvalue weighted by atomic mass is 9.86. The van der Waals surface area contributed by atoms with Gasteiger partial charge in [0.2, 0.25) is 11.5 Å². The number of rotatable bonds is 7. The van der Waals surface area contributed by atoms with Gasteiger partial charge in [-0.15, -0.1) is 0 Å². The summed E-state index contributed by atoms with van der Waals surface area (Å²) in [6.45, 7) is 0. The zero-order chi connectivity index (χ0) is 26.1. The fourth-order valence-corrected chi connectivity index (χ4v) is 4.62. The van der Waals surface area contributed by atoms with Crippen LogP contribution in [-0.4, -0.2) is 77.1 Å². The van der Waals surface area contributed by atoms with Crippen LogP contribution in [0.3, 0.4) is 0 Å². The quantitative estimate of drug-likeness (QED) is 0.0965. The highest BCUT2D eigenvalue weighted by atomic mass is 32.2. The zero-order valence-electron chi connectivity index (χ0n) is 17.2. The molecule has 7 N–H and O–H groups in total. The number of anilines is 1. The largest absolute Gasteiger partial charge is 0.477 e. The van der Waals surface area contributed by atoms with E-state index in [-0.39, 0.29) is 28.7 Å². The predicted octanol–water partition coefficient (Wildman–Crippen LogP) is 0.933. The van der Waals surface area contributed by atoms with Crippen molar-refractivity contribution in [2.75, 3.05) is 5.73 Å². The van der Waals surface area contributed by atoms with E-state index in [1.165, 1.54) is 0 Å². The second-order valence-electron chi connectivity index (χ2n) is 6.96. The van der Waals surface area contributed by atoms with Crippen LogP contribution in [0.2, 0.25) is 0 Å². The van der Waals surface area contributed by atoms with Crippen LogP contribution >= 0.6 is 23.3 Å². The van der Waals surface area contributed by atoms with Gasteiger partial charge in [0.15, 0.2) is 5.13 Å². The molecule has 1 aromatic rings. The number of nitrogens with zero attached hydrogens (tertiary/aromatic N) is 4. The van der Waals surface area contributed by atoms with Crippen LogP contribution in [0.25, 0.3) is 0 Å². The Bertz CT molecular complexity index is 1210. The van der Waals surface area contributed by atoms with E-state index in [1.807, 2.05) is 0 Å². The number of carboxylic acid groups (broad SMARTS) is 1. The van der Waals surface area contributed by atoms with Crippen molar-refractivity contribution < 1.29 is 37.9 Å². The molecule has 2 aliphatic rings. The van der Waals surface area contributed by atoms with Gasteiger partial charge >= 0.3 is 12.1 Å². The van der Waals surface area contributed by atoms with Crippen LogP contribution in [0.5, 0.6) is 0 Å². The number of halogens is 3. The van der Waals surface area contributed by atoms with Gasteiger partial charge in [-0.25, -0.2) is 4.79 Å². The highest BCUT2D eigenvalue weighted by Gasteiger charge is 2.54. The number of amides is 2. The summed E-state index contributed by atoms with van der Waals surface area (Å²) in [5.74, 6) is -3.56. The molecule has 3 rings (SSSR count). The molecular weight excluding hydrogens is 517 g/mol. The summed E-state index contributed by atoms with van der Waals surface area (Å²) >= 11 is 1.29. The summed E-state index contributed by atoms with van der Waals surface area (Å²) in [5.41, 5.74) is 2.69. The van der Waals surface area contributed by atoms with Crippen LogP contribution in [0.4, 0.5) is 18.3 Å². The first-order valence-electron chi connectivity index (χ1n) is 9.37. The molecule has 1 saturated heterocycles. The summed E-state index contributed by atoms with van der Waals surface area (Å²) in [6.07, 6.45) is -3.61. The van der Waals surface area contributed by atoms with Gasteiger partial charge in [0.05, 0.1) is 11.1 Å². The van der Waals surface area contributed by atoms with E-state index in [4.69, 9.17) is 21.8 Å². The van der Waals surface area contributed by atoms with Crippen LogP contribution in [-0.2, 0) is 14.4 Å². The summed E-state index contributed by atoms with van der Waals surface area (Å²) in [6, 6.07) is -1.92. The van der Waals surface area contributed by atoms with Crippen LogP contribution in [0.1, 0.15) is 18.7 Å². The van der Waals surface area contributed by atoms with Crippen molar-refractivity contribution in [2.24, 2.45) is 5.16 Å². The van der Waals surface area contributed by atoms with E-state index in [0.717, 1.165) is 16.4 Å². The third-order valence-electron chi connectivity index (χ3n) is 4.79. The number of oxime groups is 1. The summed E-state index contributed by atoms with van der Waals surface area (Å²) in [7, 11) is 0. The molecule has 1 fully saturated rings. The number of nitrogen functional groups attached to an aromatic ring is 1. The minimum Gasteiger partial charge on any atom is -0.477 e. The Morgan fingerprint density at radius 2 is 2.03 bits per heavy atom. The number of β-lactam (4-membered cyclic amide) rings is 1. The number of carbonyl (C=O) groups excluding carboxylic acids is 2. The zero-order valence-corrected chi connectivity index (χ0v) is 18.8.